The van der Waals surface area contributed by atoms with Crippen LogP contribution in [0.3, 0.4) is 0 Å². The van der Waals surface area contributed by atoms with E-state index in [1.807, 2.05) is 0 Å². The Morgan fingerprint density at radius 1 is 1.00 bits per heavy atom. The SMILES string of the molecule is Cc1ccc(-c2cc(C(O)C#Cc3ccc(C(=O)O)cn3)cc3c2C(C)(C)CCC3(C)C)cc1. The first-order valence-electron chi connectivity index (χ1n) is 11.6. The third-order valence-electron chi connectivity index (χ3n) is 6.97. The number of pyridine rings is 1. The molecule has 0 saturated heterocycles. The number of aliphatic hydroxyl groups excluding tert-OH is 1. The lowest BCUT2D eigenvalue weighted by Gasteiger charge is -2.43. The third kappa shape index (κ3) is 4.62. The molecule has 1 aliphatic rings. The Labute approximate surface area is 201 Å². The minimum Gasteiger partial charge on any atom is -0.478 e. The molecule has 0 radical (unpaired) electrons. The molecule has 1 aliphatic carbocycles. The Bertz CT molecular complexity index is 1290. The molecule has 0 bridgehead atoms. The van der Waals surface area contributed by atoms with Crippen LogP contribution in [0.4, 0.5) is 0 Å². The number of aromatic nitrogens is 1. The van der Waals surface area contributed by atoms with Crippen molar-refractivity contribution in [2.75, 3.05) is 0 Å². The van der Waals surface area contributed by atoms with Gasteiger partial charge in [0.05, 0.1) is 5.56 Å². The minimum atomic E-state index is -1.03. The number of fused-ring (bicyclic) bond motifs is 1. The molecule has 0 amide bonds. The monoisotopic (exact) mass is 453 g/mol. The largest absolute Gasteiger partial charge is 0.478 e. The van der Waals surface area contributed by atoms with Gasteiger partial charge in [0, 0.05) is 6.20 Å². The minimum absolute atomic E-state index is 0.0122. The number of aromatic carboxylic acids is 1. The Morgan fingerprint density at radius 2 is 1.68 bits per heavy atom. The number of nitrogens with zero attached hydrogens (tertiary/aromatic N) is 1. The quantitative estimate of drug-likeness (QED) is 0.464. The molecule has 0 aliphatic heterocycles. The van der Waals surface area contributed by atoms with Crippen molar-refractivity contribution in [3.05, 3.63) is 88.2 Å². The first-order valence-corrected chi connectivity index (χ1v) is 11.6. The highest BCUT2D eigenvalue weighted by Crippen LogP contribution is 2.50. The normalized spacial score (nSPS) is 16.6. The van der Waals surface area contributed by atoms with E-state index in [1.165, 1.54) is 29.0 Å². The van der Waals surface area contributed by atoms with Crippen LogP contribution in [-0.2, 0) is 10.8 Å². The molecule has 4 heteroatoms. The van der Waals surface area contributed by atoms with Crippen molar-refractivity contribution < 1.29 is 15.0 Å². The second-order valence-corrected chi connectivity index (χ2v) is 10.5. The zero-order valence-electron chi connectivity index (χ0n) is 20.4. The van der Waals surface area contributed by atoms with E-state index in [1.54, 1.807) is 6.07 Å². The van der Waals surface area contributed by atoms with E-state index in [0.29, 0.717) is 5.69 Å². The van der Waals surface area contributed by atoms with Crippen LogP contribution >= 0.6 is 0 Å². The van der Waals surface area contributed by atoms with Crippen LogP contribution in [0, 0.1) is 18.8 Å². The molecule has 1 atom stereocenters. The van der Waals surface area contributed by atoms with E-state index in [-0.39, 0.29) is 16.4 Å². The maximum atomic E-state index is 11.0. The van der Waals surface area contributed by atoms with Crippen molar-refractivity contribution in [3.8, 4) is 23.0 Å². The lowest BCUT2D eigenvalue weighted by atomic mass is 9.61. The van der Waals surface area contributed by atoms with Crippen molar-refractivity contribution in [1.29, 1.82) is 0 Å². The fourth-order valence-corrected chi connectivity index (χ4v) is 4.75. The standard InChI is InChI=1S/C30H31NO3/c1-19-6-8-20(9-7-19)24-16-22(17-25-27(24)30(4,5)15-14-29(25,2)3)26(32)13-12-23-11-10-21(18-31-23)28(33)34/h6-11,16-18,26,32H,14-15H2,1-5H3,(H,33,34). The topological polar surface area (TPSA) is 70.4 Å². The van der Waals surface area contributed by atoms with Gasteiger partial charge >= 0.3 is 5.97 Å². The molecule has 174 valence electrons. The van der Waals surface area contributed by atoms with Gasteiger partial charge in [-0.15, -0.1) is 0 Å². The second-order valence-electron chi connectivity index (χ2n) is 10.5. The Kier molecular flexibility index (Phi) is 6.10. The fourth-order valence-electron chi connectivity index (χ4n) is 4.75. The van der Waals surface area contributed by atoms with E-state index < -0.39 is 12.1 Å². The van der Waals surface area contributed by atoms with E-state index in [4.69, 9.17) is 5.11 Å². The van der Waals surface area contributed by atoms with Gasteiger partial charge in [-0.25, -0.2) is 9.78 Å². The number of benzene rings is 2. The van der Waals surface area contributed by atoms with Gasteiger partial charge in [0.2, 0.25) is 0 Å². The summed E-state index contributed by atoms with van der Waals surface area (Å²) in [4.78, 5) is 15.1. The molecular formula is C30H31NO3. The number of aryl methyl sites for hydroxylation is 1. The van der Waals surface area contributed by atoms with Crippen molar-refractivity contribution in [3.63, 3.8) is 0 Å². The van der Waals surface area contributed by atoms with Crippen LogP contribution in [0.1, 0.15) is 84.9 Å². The predicted molar refractivity (Wildman–Crippen MR) is 135 cm³/mol. The molecule has 4 nitrogen and oxygen atoms in total. The van der Waals surface area contributed by atoms with Gasteiger partial charge in [-0.1, -0.05) is 69.5 Å². The smallest absolute Gasteiger partial charge is 0.337 e. The lowest BCUT2D eigenvalue weighted by molar-refractivity contribution is 0.0696. The van der Waals surface area contributed by atoms with E-state index in [9.17, 15) is 9.90 Å². The lowest BCUT2D eigenvalue weighted by Crippen LogP contribution is -2.34. The van der Waals surface area contributed by atoms with Crippen molar-refractivity contribution in [2.45, 2.75) is 64.4 Å². The number of hydrogen-bond acceptors (Lipinski definition) is 3. The molecule has 2 aromatic carbocycles. The summed E-state index contributed by atoms with van der Waals surface area (Å²) < 4.78 is 0. The first-order chi connectivity index (χ1) is 16.0. The van der Waals surface area contributed by atoms with Gasteiger partial charge in [0.1, 0.15) is 11.8 Å². The van der Waals surface area contributed by atoms with Gasteiger partial charge < -0.3 is 10.2 Å². The highest BCUT2D eigenvalue weighted by Gasteiger charge is 2.39. The Balaban J connectivity index is 1.82. The van der Waals surface area contributed by atoms with Crippen molar-refractivity contribution in [1.82, 2.24) is 4.98 Å². The highest BCUT2D eigenvalue weighted by molar-refractivity contribution is 5.87. The summed E-state index contributed by atoms with van der Waals surface area (Å²) in [6.45, 7) is 11.2. The first kappa shape index (κ1) is 23.7. The van der Waals surface area contributed by atoms with Gasteiger partial charge in [-0.2, -0.15) is 0 Å². The molecule has 34 heavy (non-hydrogen) atoms. The molecule has 4 rings (SSSR count). The van der Waals surface area contributed by atoms with Crippen LogP contribution in [0.5, 0.6) is 0 Å². The molecule has 0 saturated carbocycles. The molecule has 0 fully saturated rings. The molecule has 1 aromatic heterocycles. The summed E-state index contributed by atoms with van der Waals surface area (Å²) in [5, 5.41) is 20.1. The number of hydrogen-bond donors (Lipinski definition) is 2. The van der Waals surface area contributed by atoms with Gasteiger partial charge in [0.25, 0.3) is 0 Å². The van der Waals surface area contributed by atoms with Gasteiger partial charge in [0.15, 0.2) is 0 Å². The number of carboxylic acids is 1. The Morgan fingerprint density at radius 3 is 2.29 bits per heavy atom. The number of carbonyl (C=O) groups is 1. The molecule has 0 spiro atoms. The number of rotatable bonds is 3. The molecule has 1 heterocycles. The molecule has 2 N–H and O–H groups in total. The zero-order chi connectivity index (χ0) is 24.7. The van der Waals surface area contributed by atoms with Gasteiger partial charge in [-0.3, -0.25) is 0 Å². The molecule has 1 unspecified atom stereocenters. The number of aliphatic hydroxyl groups is 1. The summed E-state index contributed by atoms with van der Waals surface area (Å²) >= 11 is 0. The predicted octanol–water partition coefficient (Wildman–Crippen LogP) is 6.19. The van der Waals surface area contributed by atoms with Crippen molar-refractivity contribution in [2.24, 2.45) is 0 Å². The summed E-state index contributed by atoms with van der Waals surface area (Å²) in [5.74, 6) is 4.76. The summed E-state index contributed by atoms with van der Waals surface area (Å²) in [5.41, 5.74) is 7.41. The second kappa shape index (κ2) is 8.74. The average Bonchev–Trinajstić information content (AvgIpc) is 2.80. The van der Waals surface area contributed by atoms with Crippen LogP contribution in [-0.4, -0.2) is 21.2 Å². The highest BCUT2D eigenvalue weighted by atomic mass is 16.4. The maximum Gasteiger partial charge on any atom is 0.337 e. The van der Waals surface area contributed by atoms with Crippen molar-refractivity contribution >= 4 is 5.97 Å². The van der Waals surface area contributed by atoms with E-state index in [0.717, 1.165) is 29.5 Å². The van der Waals surface area contributed by atoms with Gasteiger partial charge in [-0.05, 0) is 82.5 Å². The van der Waals surface area contributed by atoms with E-state index >= 15 is 0 Å². The molecule has 3 aromatic rings. The van der Waals surface area contributed by atoms with Crippen LogP contribution < -0.4 is 0 Å². The van der Waals surface area contributed by atoms with Crippen LogP contribution in [0.15, 0.2) is 54.7 Å². The van der Waals surface area contributed by atoms with E-state index in [2.05, 4.69) is 87.8 Å². The summed E-state index contributed by atoms with van der Waals surface area (Å²) in [7, 11) is 0. The average molecular weight is 454 g/mol. The third-order valence-corrected chi connectivity index (χ3v) is 6.97. The zero-order valence-corrected chi connectivity index (χ0v) is 20.4. The van der Waals surface area contributed by atoms with Crippen LogP contribution in [0.2, 0.25) is 0 Å². The summed E-state index contributed by atoms with van der Waals surface area (Å²) in [6.07, 6.45) is 2.46. The number of carboxylic acid groups (broad SMARTS) is 1. The van der Waals surface area contributed by atoms with Crippen LogP contribution in [0.25, 0.3) is 11.1 Å². The molecular weight excluding hydrogens is 422 g/mol. The Hall–Kier alpha value is -3.42. The summed E-state index contributed by atoms with van der Waals surface area (Å²) in [6, 6.07) is 15.8. The fraction of sp³-hybridized carbons (Fsp3) is 0.333. The maximum absolute atomic E-state index is 11.0.